The summed E-state index contributed by atoms with van der Waals surface area (Å²) < 4.78 is 5.82. The number of hydrogen-bond donors (Lipinski definition) is 1. The summed E-state index contributed by atoms with van der Waals surface area (Å²) in [4.78, 5) is 18.2. The molecule has 0 atom stereocenters. The molecule has 0 aromatic heterocycles. The molecule has 3 rings (SSSR count). The van der Waals surface area contributed by atoms with Crippen molar-refractivity contribution in [1.82, 2.24) is 4.98 Å². The minimum Gasteiger partial charge on any atom is -0.453 e. The van der Waals surface area contributed by atoms with Crippen molar-refractivity contribution in [2.24, 2.45) is 5.73 Å². The molecule has 20 heavy (non-hydrogen) atoms. The molecular formula is C15H15N3O2. The van der Waals surface area contributed by atoms with Crippen LogP contribution in [0.5, 0.6) is 0 Å². The van der Waals surface area contributed by atoms with Crippen LogP contribution < -0.4 is 16.1 Å². The van der Waals surface area contributed by atoms with Gasteiger partial charge < -0.3 is 15.1 Å². The highest BCUT2D eigenvalue weighted by atomic mass is 16.3. The number of rotatable bonds is 2. The number of aromatic nitrogens is 1. The minimum atomic E-state index is -0.119. The molecule has 1 heterocycles. The van der Waals surface area contributed by atoms with Crippen LogP contribution in [-0.2, 0) is 6.54 Å². The molecule has 0 unspecified atom stereocenters. The van der Waals surface area contributed by atoms with E-state index in [9.17, 15) is 4.79 Å². The molecule has 0 spiro atoms. The van der Waals surface area contributed by atoms with Crippen LogP contribution >= 0.6 is 0 Å². The molecule has 1 aliphatic heterocycles. The molecule has 1 aliphatic carbocycles. The maximum Gasteiger partial charge on any atom is 0.182 e. The number of hydrogen-bond acceptors (Lipinski definition) is 5. The van der Waals surface area contributed by atoms with Crippen LogP contribution in [-0.4, -0.2) is 19.1 Å². The lowest BCUT2D eigenvalue weighted by Crippen LogP contribution is -2.10. The van der Waals surface area contributed by atoms with Gasteiger partial charge in [-0.15, -0.1) is 0 Å². The zero-order chi connectivity index (χ0) is 14.3. The molecule has 5 heteroatoms. The number of benzene rings is 2. The molecule has 2 aliphatic rings. The van der Waals surface area contributed by atoms with Gasteiger partial charge in [-0.1, -0.05) is 0 Å². The second-order valence-electron chi connectivity index (χ2n) is 4.89. The van der Waals surface area contributed by atoms with Crippen molar-refractivity contribution in [3.8, 4) is 11.5 Å². The van der Waals surface area contributed by atoms with Gasteiger partial charge in [-0.2, -0.15) is 0 Å². The largest absolute Gasteiger partial charge is 0.453 e. The van der Waals surface area contributed by atoms with Crippen LogP contribution in [0.2, 0.25) is 0 Å². The van der Waals surface area contributed by atoms with E-state index in [2.05, 4.69) is 4.98 Å². The fraction of sp³-hybridized carbons (Fsp3) is 0.200. The second-order valence-corrected chi connectivity index (χ2v) is 4.89. The van der Waals surface area contributed by atoms with Gasteiger partial charge in [0.15, 0.2) is 16.8 Å². The Balaban J connectivity index is 2.34. The van der Waals surface area contributed by atoms with E-state index < -0.39 is 0 Å². The Kier molecular flexibility index (Phi) is 2.91. The molecular weight excluding hydrogens is 254 g/mol. The Hall–Kier alpha value is -2.40. The van der Waals surface area contributed by atoms with Gasteiger partial charge in [-0.25, -0.2) is 4.98 Å². The Labute approximate surface area is 116 Å². The van der Waals surface area contributed by atoms with Crippen LogP contribution in [0, 0.1) is 0 Å². The maximum atomic E-state index is 11.6. The van der Waals surface area contributed by atoms with Gasteiger partial charge in [0, 0.05) is 38.5 Å². The van der Waals surface area contributed by atoms with Crippen molar-refractivity contribution in [3.63, 3.8) is 0 Å². The molecule has 0 fully saturated rings. The second kappa shape index (κ2) is 4.61. The lowest BCUT2D eigenvalue weighted by Gasteiger charge is -2.14. The first-order chi connectivity index (χ1) is 9.58. The number of fused-ring (bicyclic) bond motifs is 2. The van der Waals surface area contributed by atoms with E-state index >= 15 is 0 Å². The SMILES string of the molecule is CN(C)c1ccc2nc3c(CN)cc(=O)cc-3oc2c1. The van der Waals surface area contributed by atoms with Gasteiger partial charge in [0.2, 0.25) is 0 Å². The minimum absolute atomic E-state index is 0.119. The Bertz CT molecular complexity index is 808. The zero-order valence-corrected chi connectivity index (χ0v) is 11.4. The average molecular weight is 269 g/mol. The first-order valence-electron chi connectivity index (χ1n) is 6.33. The van der Waals surface area contributed by atoms with Crippen molar-refractivity contribution in [2.45, 2.75) is 6.54 Å². The molecule has 0 radical (unpaired) electrons. The summed E-state index contributed by atoms with van der Waals surface area (Å²) in [5.41, 5.74) is 9.31. The molecule has 0 bridgehead atoms. The highest BCUT2D eigenvalue weighted by Gasteiger charge is 2.14. The van der Waals surface area contributed by atoms with Gasteiger partial charge in [0.05, 0.1) is 0 Å². The van der Waals surface area contributed by atoms with Gasteiger partial charge in [-0.05, 0) is 23.8 Å². The van der Waals surface area contributed by atoms with Crippen molar-refractivity contribution in [3.05, 3.63) is 46.1 Å². The normalized spacial score (nSPS) is 11.2. The molecule has 102 valence electrons. The van der Waals surface area contributed by atoms with Crippen molar-refractivity contribution in [2.75, 3.05) is 19.0 Å². The molecule has 0 amide bonds. The highest BCUT2D eigenvalue weighted by molar-refractivity contribution is 5.80. The number of nitrogens with zero attached hydrogens (tertiary/aromatic N) is 2. The quantitative estimate of drug-likeness (QED) is 0.718. The van der Waals surface area contributed by atoms with E-state index in [1.54, 1.807) is 0 Å². The van der Waals surface area contributed by atoms with Gasteiger partial charge in [-0.3, -0.25) is 4.79 Å². The standard InChI is InChI=1S/C15H15N3O2/c1-18(2)10-3-4-12-13(6-10)20-14-7-11(19)5-9(8-16)15(14)17-12/h3-7H,8,16H2,1-2H3. The third kappa shape index (κ3) is 2.02. The molecule has 0 saturated carbocycles. The van der Waals surface area contributed by atoms with Crippen LogP contribution in [0.15, 0.2) is 39.5 Å². The summed E-state index contributed by atoms with van der Waals surface area (Å²) in [6, 6.07) is 8.73. The summed E-state index contributed by atoms with van der Waals surface area (Å²) in [7, 11) is 3.91. The van der Waals surface area contributed by atoms with E-state index in [4.69, 9.17) is 10.2 Å². The third-order valence-electron chi connectivity index (χ3n) is 3.26. The van der Waals surface area contributed by atoms with E-state index in [1.807, 2.05) is 37.2 Å². The maximum absolute atomic E-state index is 11.6. The predicted octanol–water partition coefficient (Wildman–Crippen LogP) is 1.82. The molecule has 1 aromatic carbocycles. The van der Waals surface area contributed by atoms with Gasteiger partial charge in [0.1, 0.15) is 11.2 Å². The van der Waals surface area contributed by atoms with Crippen molar-refractivity contribution in [1.29, 1.82) is 0 Å². The van der Waals surface area contributed by atoms with Crippen molar-refractivity contribution >= 4 is 16.8 Å². The predicted molar refractivity (Wildman–Crippen MR) is 79.1 cm³/mol. The lowest BCUT2D eigenvalue weighted by atomic mass is 10.1. The first-order valence-corrected chi connectivity index (χ1v) is 6.33. The summed E-state index contributed by atoms with van der Waals surface area (Å²) in [6.45, 7) is 0.260. The van der Waals surface area contributed by atoms with Crippen molar-refractivity contribution < 1.29 is 4.42 Å². The molecule has 5 nitrogen and oxygen atoms in total. The first kappa shape index (κ1) is 12.6. The highest BCUT2D eigenvalue weighted by Crippen LogP contribution is 2.28. The van der Waals surface area contributed by atoms with E-state index in [1.165, 1.54) is 12.1 Å². The van der Waals surface area contributed by atoms with Gasteiger partial charge in [0.25, 0.3) is 0 Å². The number of anilines is 1. The zero-order valence-electron chi connectivity index (χ0n) is 11.4. The van der Waals surface area contributed by atoms with Crippen LogP contribution in [0.1, 0.15) is 5.56 Å². The third-order valence-corrected chi connectivity index (χ3v) is 3.26. The van der Waals surface area contributed by atoms with Gasteiger partial charge >= 0.3 is 0 Å². The van der Waals surface area contributed by atoms with Crippen LogP contribution in [0.3, 0.4) is 0 Å². The smallest absolute Gasteiger partial charge is 0.182 e. The molecule has 1 aromatic rings. The van der Waals surface area contributed by atoms with Crippen LogP contribution in [0.4, 0.5) is 5.69 Å². The Morgan fingerprint density at radius 2 is 2.05 bits per heavy atom. The summed E-state index contributed by atoms with van der Waals surface area (Å²) in [6.07, 6.45) is 0. The average Bonchev–Trinajstić information content (AvgIpc) is 2.43. The summed E-state index contributed by atoms with van der Waals surface area (Å²) in [5.74, 6) is 0.473. The fourth-order valence-electron chi connectivity index (χ4n) is 2.19. The van der Waals surface area contributed by atoms with Crippen LogP contribution in [0.25, 0.3) is 22.6 Å². The topological polar surface area (TPSA) is 72.4 Å². The molecule has 2 N–H and O–H groups in total. The summed E-state index contributed by atoms with van der Waals surface area (Å²) >= 11 is 0. The fourth-order valence-corrected chi connectivity index (χ4v) is 2.19. The molecule has 0 saturated heterocycles. The summed E-state index contributed by atoms with van der Waals surface area (Å²) in [5, 5.41) is 0. The van der Waals surface area contributed by atoms with E-state index in [-0.39, 0.29) is 12.0 Å². The lowest BCUT2D eigenvalue weighted by molar-refractivity contribution is 0.611. The Morgan fingerprint density at radius 3 is 2.75 bits per heavy atom. The Morgan fingerprint density at radius 1 is 1.25 bits per heavy atom. The number of nitrogens with two attached hydrogens (primary N) is 1. The van der Waals surface area contributed by atoms with E-state index in [0.29, 0.717) is 22.6 Å². The van der Waals surface area contributed by atoms with E-state index in [0.717, 1.165) is 11.2 Å². The monoisotopic (exact) mass is 269 g/mol.